The SMILES string of the molecule is CCc1cc2c(=O)c(-c3ccc4c(c3)OCO4)c(C(F)(F)F)oc2c(C[NH+](C)C)c1O.[Cl-]. The molecule has 0 unspecified atom stereocenters. The maximum Gasteiger partial charge on any atom is 0.450 e. The van der Waals surface area contributed by atoms with Crippen LogP contribution in [0.4, 0.5) is 13.2 Å². The van der Waals surface area contributed by atoms with Crippen LogP contribution in [0.15, 0.2) is 33.5 Å². The van der Waals surface area contributed by atoms with E-state index < -0.39 is 22.9 Å². The number of quaternary nitrogens is 1. The van der Waals surface area contributed by atoms with Crippen molar-refractivity contribution in [2.75, 3.05) is 20.9 Å². The van der Waals surface area contributed by atoms with Crippen LogP contribution in [-0.2, 0) is 19.1 Å². The number of alkyl halides is 3. The second-order valence-corrected chi connectivity index (χ2v) is 7.68. The van der Waals surface area contributed by atoms with Crippen molar-refractivity contribution >= 4 is 11.0 Å². The summed E-state index contributed by atoms with van der Waals surface area (Å²) < 4.78 is 57.8. The van der Waals surface area contributed by atoms with E-state index in [-0.39, 0.29) is 59.3 Å². The Kier molecular flexibility index (Phi) is 6.35. The highest BCUT2D eigenvalue weighted by Gasteiger charge is 2.40. The van der Waals surface area contributed by atoms with Crippen LogP contribution in [0.3, 0.4) is 0 Å². The van der Waals surface area contributed by atoms with E-state index in [9.17, 15) is 23.1 Å². The molecule has 1 aromatic heterocycles. The van der Waals surface area contributed by atoms with Gasteiger partial charge in [0, 0.05) is 0 Å². The molecule has 0 saturated carbocycles. The van der Waals surface area contributed by atoms with Gasteiger partial charge in [0.25, 0.3) is 0 Å². The minimum Gasteiger partial charge on any atom is -1.00 e. The zero-order chi connectivity index (χ0) is 22.5. The lowest BCUT2D eigenvalue weighted by Crippen LogP contribution is -3.04. The number of rotatable bonds is 4. The summed E-state index contributed by atoms with van der Waals surface area (Å²) in [4.78, 5) is 14.2. The summed E-state index contributed by atoms with van der Waals surface area (Å²) in [5.74, 6) is -0.926. The largest absolute Gasteiger partial charge is 1.00 e. The van der Waals surface area contributed by atoms with Crippen molar-refractivity contribution in [3.8, 4) is 28.4 Å². The smallest absolute Gasteiger partial charge is 0.450 e. The molecular weight excluding hydrogens is 451 g/mol. The van der Waals surface area contributed by atoms with Gasteiger partial charge in [0.05, 0.1) is 30.6 Å². The third-order valence-corrected chi connectivity index (χ3v) is 5.16. The van der Waals surface area contributed by atoms with E-state index in [1.54, 1.807) is 21.0 Å². The normalized spacial score (nSPS) is 13.0. The van der Waals surface area contributed by atoms with Crippen LogP contribution in [0.1, 0.15) is 23.8 Å². The average Bonchev–Trinajstić information content (AvgIpc) is 3.16. The molecule has 0 atom stereocenters. The van der Waals surface area contributed by atoms with E-state index in [4.69, 9.17) is 13.9 Å². The Hall–Kier alpha value is -2.91. The number of ether oxygens (including phenoxy) is 2. The molecule has 6 nitrogen and oxygen atoms in total. The molecule has 0 aliphatic carbocycles. The van der Waals surface area contributed by atoms with Crippen molar-refractivity contribution in [2.24, 2.45) is 0 Å². The fourth-order valence-electron chi connectivity index (χ4n) is 3.75. The Morgan fingerprint density at radius 1 is 1.12 bits per heavy atom. The van der Waals surface area contributed by atoms with Crippen molar-refractivity contribution in [3.05, 3.63) is 51.4 Å². The molecule has 1 aliphatic rings. The molecule has 0 saturated heterocycles. The number of phenols is 1. The first-order valence-electron chi connectivity index (χ1n) is 9.72. The number of phenolic OH excluding ortho intramolecular Hbond substituents is 1. The van der Waals surface area contributed by atoms with E-state index in [0.29, 0.717) is 17.7 Å². The molecule has 10 heteroatoms. The zero-order valence-electron chi connectivity index (χ0n) is 17.5. The first-order chi connectivity index (χ1) is 14.6. The van der Waals surface area contributed by atoms with E-state index >= 15 is 0 Å². The van der Waals surface area contributed by atoms with E-state index in [0.717, 1.165) is 4.90 Å². The molecule has 4 rings (SSSR count). The Morgan fingerprint density at radius 3 is 2.44 bits per heavy atom. The highest BCUT2D eigenvalue weighted by Crippen LogP contribution is 2.42. The first-order valence-corrected chi connectivity index (χ1v) is 9.72. The van der Waals surface area contributed by atoms with Crippen molar-refractivity contribution in [1.82, 2.24) is 0 Å². The molecule has 2 N–H and O–H groups in total. The standard InChI is InChI=1S/C22H20F3NO5.ClH/c1-4-11-7-13-19(28)17(12-5-6-15-16(8-12)30-10-29-15)21(22(23,24)25)31-20(13)14(18(11)27)9-26(2)3;/h5-8,27H,4,9-10H2,1-3H3;1H. The Labute approximate surface area is 187 Å². The van der Waals surface area contributed by atoms with E-state index in [1.807, 2.05) is 0 Å². The summed E-state index contributed by atoms with van der Waals surface area (Å²) in [6, 6.07) is 5.56. The van der Waals surface area contributed by atoms with Gasteiger partial charge < -0.3 is 36.3 Å². The predicted octanol–water partition coefficient (Wildman–Crippen LogP) is 0.124. The van der Waals surface area contributed by atoms with Gasteiger partial charge in [-0.05, 0) is 35.7 Å². The third kappa shape index (κ3) is 3.98. The number of aromatic hydroxyl groups is 1. The Balaban J connectivity index is 0.00000289. The molecule has 2 aromatic carbocycles. The third-order valence-electron chi connectivity index (χ3n) is 5.16. The predicted molar refractivity (Wildman–Crippen MR) is 107 cm³/mol. The monoisotopic (exact) mass is 471 g/mol. The van der Waals surface area contributed by atoms with E-state index in [1.165, 1.54) is 24.3 Å². The lowest BCUT2D eigenvalue weighted by atomic mass is 9.97. The quantitative estimate of drug-likeness (QED) is 0.566. The van der Waals surface area contributed by atoms with Crippen LogP contribution >= 0.6 is 0 Å². The summed E-state index contributed by atoms with van der Waals surface area (Å²) in [7, 11) is 3.57. The molecule has 0 amide bonds. The lowest BCUT2D eigenvalue weighted by Gasteiger charge is -2.17. The number of fused-ring (bicyclic) bond motifs is 2. The zero-order valence-corrected chi connectivity index (χ0v) is 18.3. The Bertz CT molecular complexity index is 1240. The summed E-state index contributed by atoms with van der Waals surface area (Å²) in [5.41, 5.74) is -1.02. The van der Waals surface area contributed by atoms with Gasteiger partial charge in [-0.1, -0.05) is 13.0 Å². The molecule has 1 aliphatic heterocycles. The van der Waals surface area contributed by atoms with Crippen LogP contribution < -0.4 is 32.2 Å². The Morgan fingerprint density at radius 2 is 1.81 bits per heavy atom. The number of benzene rings is 2. The van der Waals surface area contributed by atoms with Gasteiger partial charge in [0.15, 0.2) is 17.1 Å². The van der Waals surface area contributed by atoms with Gasteiger partial charge in [0.1, 0.15) is 12.3 Å². The summed E-state index contributed by atoms with van der Waals surface area (Å²) in [6.45, 7) is 1.92. The summed E-state index contributed by atoms with van der Waals surface area (Å²) in [5, 5.41) is 10.6. The van der Waals surface area contributed by atoms with Gasteiger partial charge >= 0.3 is 6.18 Å². The number of hydrogen-bond donors (Lipinski definition) is 2. The topological polar surface area (TPSA) is 73.3 Å². The van der Waals surface area contributed by atoms with Crippen LogP contribution in [0.25, 0.3) is 22.1 Å². The van der Waals surface area contributed by atoms with Crippen LogP contribution in [0, 0.1) is 0 Å². The maximum absolute atomic E-state index is 14.0. The van der Waals surface area contributed by atoms with E-state index in [2.05, 4.69) is 0 Å². The second-order valence-electron chi connectivity index (χ2n) is 7.68. The molecule has 0 fully saturated rings. The fraction of sp³-hybridized carbons (Fsp3) is 0.318. The van der Waals surface area contributed by atoms with Crippen molar-refractivity contribution in [1.29, 1.82) is 0 Å². The highest BCUT2D eigenvalue weighted by molar-refractivity contribution is 5.88. The average molecular weight is 472 g/mol. The highest BCUT2D eigenvalue weighted by atomic mass is 35.5. The molecule has 32 heavy (non-hydrogen) atoms. The molecule has 172 valence electrons. The number of nitrogens with one attached hydrogen (secondary N) is 1. The van der Waals surface area contributed by atoms with Gasteiger partial charge in [0.2, 0.25) is 18.0 Å². The fourth-order valence-corrected chi connectivity index (χ4v) is 3.75. The van der Waals surface area contributed by atoms with Crippen molar-refractivity contribution < 1.29 is 49.5 Å². The minimum atomic E-state index is -4.93. The van der Waals surface area contributed by atoms with Gasteiger partial charge in [-0.25, -0.2) is 0 Å². The first kappa shape index (κ1) is 23.7. The number of hydrogen-bond acceptors (Lipinski definition) is 5. The molecule has 0 bridgehead atoms. The second kappa shape index (κ2) is 8.55. The molecule has 0 radical (unpaired) electrons. The van der Waals surface area contributed by atoms with Crippen LogP contribution in [0.5, 0.6) is 17.2 Å². The lowest BCUT2D eigenvalue weighted by molar-refractivity contribution is -0.872. The minimum absolute atomic E-state index is 0. The molecule has 3 aromatic rings. The van der Waals surface area contributed by atoms with Crippen LogP contribution in [-0.4, -0.2) is 26.0 Å². The molecular formula is C22H21ClF3NO5. The number of aryl methyl sites for hydroxylation is 1. The van der Waals surface area contributed by atoms with Crippen LogP contribution in [0.2, 0.25) is 0 Å². The van der Waals surface area contributed by atoms with Gasteiger partial charge in [-0.3, -0.25) is 4.79 Å². The van der Waals surface area contributed by atoms with Crippen molar-refractivity contribution in [2.45, 2.75) is 26.1 Å². The van der Waals surface area contributed by atoms with Gasteiger partial charge in [-0.2, -0.15) is 13.2 Å². The molecule has 0 spiro atoms. The summed E-state index contributed by atoms with van der Waals surface area (Å²) >= 11 is 0. The maximum atomic E-state index is 14.0. The number of halogens is 4. The van der Waals surface area contributed by atoms with Crippen molar-refractivity contribution in [3.63, 3.8) is 0 Å². The summed E-state index contributed by atoms with van der Waals surface area (Å²) in [6.07, 6.45) is -4.53. The van der Waals surface area contributed by atoms with Gasteiger partial charge in [-0.15, -0.1) is 0 Å². The molecule has 2 heterocycles.